The lowest BCUT2D eigenvalue weighted by molar-refractivity contribution is -0.168. The van der Waals surface area contributed by atoms with Crippen LogP contribution in [0, 0.1) is 0 Å². The first-order chi connectivity index (χ1) is 21.3. The van der Waals surface area contributed by atoms with Gasteiger partial charge >= 0.3 is 15.4 Å². The number of phosphoric acid groups is 1. The van der Waals surface area contributed by atoms with Crippen molar-refractivity contribution in [1.82, 2.24) is 29.1 Å². The Balaban J connectivity index is 1.21. The van der Waals surface area contributed by atoms with Crippen molar-refractivity contribution in [2.24, 2.45) is 0 Å². The maximum Gasteiger partial charge on any atom is 0.472 e. The van der Waals surface area contributed by atoms with Gasteiger partial charge in [-0.25, -0.2) is 14.5 Å². The number of ether oxygens (including phenoxy) is 3. The molecular formula is C22H26N8O13P2. The average molecular weight is 672 g/mol. The summed E-state index contributed by atoms with van der Waals surface area (Å²) in [5, 5.41) is 22.7. The molecule has 3 fully saturated rings. The number of aliphatic hydroxyl groups excluding tert-OH is 2. The summed E-state index contributed by atoms with van der Waals surface area (Å²) >= 11 is 0. The van der Waals surface area contributed by atoms with Crippen LogP contribution in [0.25, 0.3) is 22.2 Å². The van der Waals surface area contributed by atoms with Crippen molar-refractivity contribution in [3.05, 3.63) is 41.2 Å². The van der Waals surface area contributed by atoms with Crippen LogP contribution in [0.15, 0.2) is 35.6 Å². The molecule has 10 atom stereocenters. The van der Waals surface area contributed by atoms with E-state index in [1.165, 1.54) is 17.0 Å². The Morgan fingerprint density at radius 3 is 2.58 bits per heavy atom. The van der Waals surface area contributed by atoms with Crippen LogP contribution >= 0.6 is 15.4 Å². The summed E-state index contributed by atoms with van der Waals surface area (Å²) in [6, 6.07) is 3.20. The molecule has 3 aliphatic heterocycles. The molecule has 23 heteroatoms. The van der Waals surface area contributed by atoms with E-state index in [0.29, 0.717) is 16.7 Å². The van der Waals surface area contributed by atoms with Crippen LogP contribution < -0.4 is 17.0 Å². The monoisotopic (exact) mass is 672 g/mol. The van der Waals surface area contributed by atoms with Gasteiger partial charge in [-0.3, -0.25) is 32.5 Å². The van der Waals surface area contributed by atoms with Crippen LogP contribution in [0.3, 0.4) is 0 Å². The number of fused-ring (bicyclic) bond motifs is 5. The van der Waals surface area contributed by atoms with Gasteiger partial charge < -0.3 is 50.2 Å². The normalized spacial score (nSPS) is 37.7. The Morgan fingerprint density at radius 2 is 1.78 bits per heavy atom. The molecule has 7 heterocycles. The molecule has 7 rings (SSSR count). The molecule has 0 aromatic carbocycles. The number of rotatable bonds is 2. The minimum Gasteiger partial charge on any atom is -0.398 e. The van der Waals surface area contributed by atoms with Crippen LogP contribution in [-0.2, 0) is 36.9 Å². The molecule has 0 saturated carbocycles. The highest BCUT2D eigenvalue weighted by molar-refractivity contribution is 7.52. The van der Waals surface area contributed by atoms with E-state index in [0.717, 1.165) is 10.9 Å². The maximum atomic E-state index is 13.2. The van der Waals surface area contributed by atoms with E-state index >= 15 is 0 Å². The lowest BCUT2D eigenvalue weighted by Gasteiger charge is -2.25. The molecule has 45 heavy (non-hydrogen) atoms. The van der Waals surface area contributed by atoms with Crippen LogP contribution in [0.2, 0.25) is 0 Å². The van der Waals surface area contributed by atoms with Gasteiger partial charge in [-0.1, -0.05) is 0 Å². The number of hydrogen-bond donors (Lipinski definition) is 7. The Kier molecular flexibility index (Phi) is 7.36. The molecule has 242 valence electrons. The van der Waals surface area contributed by atoms with Crippen molar-refractivity contribution in [3.8, 4) is 0 Å². The number of hydrogen-bond acceptors (Lipinski definition) is 16. The number of nitrogen functional groups attached to an aromatic ring is 2. The number of aliphatic hydroxyl groups is 2. The number of anilines is 2. The summed E-state index contributed by atoms with van der Waals surface area (Å²) in [6.45, 7) is -0.791. The minimum absolute atomic E-state index is 0.135. The van der Waals surface area contributed by atoms with Gasteiger partial charge in [0.1, 0.15) is 36.2 Å². The SMILES string of the molecule is Nc1nc2c(ncn2[C@@H]2O[C@@H]3OCP(=O)(O)O[C@@H]4C(O)[C@H](n5ccc6c(N)ccnc65)O[C@@H]4COP(=O)(O)OC2[C@H]3O)c(=O)[nH]1. The van der Waals surface area contributed by atoms with Gasteiger partial charge in [0.15, 0.2) is 36.3 Å². The fourth-order valence-electron chi connectivity index (χ4n) is 5.46. The summed E-state index contributed by atoms with van der Waals surface area (Å²) < 4.78 is 61.7. The fraction of sp³-hybridized carbons (Fsp3) is 0.455. The molecule has 21 nitrogen and oxygen atoms in total. The maximum absolute atomic E-state index is 13.2. The Morgan fingerprint density at radius 1 is 0.978 bits per heavy atom. The van der Waals surface area contributed by atoms with Crippen molar-refractivity contribution in [2.75, 3.05) is 24.4 Å². The fourth-order valence-corrected chi connectivity index (χ4v) is 7.43. The van der Waals surface area contributed by atoms with Crippen molar-refractivity contribution < 1.29 is 56.9 Å². The van der Waals surface area contributed by atoms with Crippen molar-refractivity contribution in [1.29, 1.82) is 0 Å². The van der Waals surface area contributed by atoms with E-state index in [-0.39, 0.29) is 17.1 Å². The van der Waals surface area contributed by atoms with Crippen LogP contribution in [0.5, 0.6) is 0 Å². The highest BCUT2D eigenvalue weighted by atomic mass is 31.2. The summed E-state index contributed by atoms with van der Waals surface area (Å²) in [4.78, 5) is 48.1. The first kappa shape index (κ1) is 30.4. The first-order valence-corrected chi connectivity index (χ1v) is 16.5. The molecule has 0 radical (unpaired) electrons. The minimum atomic E-state index is -5.11. The summed E-state index contributed by atoms with van der Waals surface area (Å²) in [7, 11) is -9.87. The summed E-state index contributed by atoms with van der Waals surface area (Å²) in [6.07, 6.45) is -9.76. The van der Waals surface area contributed by atoms with E-state index in [9.17, 15) is 33.9 Å². The van der Waals surface area contributed by atoms with E-state index in [1.54, 1.807) is 12.1 Å². The van der Waals surface area contributed by atoms with Gasteiger partial charge in [0.25, 0.3) is 5.56 Å². The Bertz CT molecular complexity index is 1930. The number of H-pyrrole nitrogens is 1. The number of pyridine rings is 1. The first-order valence-electron chi connectivity index (χ1n) is 13.2. The molecule has 4 unspecified atom stereocenters. The standard InChI is InChI=1S/C22H26N8O13P2/c23-9-1-3-25-16-8(9)2-4-29(16)19-12(31)14-10(40-19)5-39-45(36,37)43-15-13(32)21(38-7-44(34,35)42-14)41-20(15)30-6-26-11-17(30)27-22(24)28-18(11)33/h1-4,6,10,12-15,19-21,31-32H,5,7H2,(H2,23,25)(H,34,35)(H,36,37)(H3,24,27,28,33)/t10-,12?,13-,14+,15?,19-,20-,21+/m1/s1. The van der Waals surface area contributed by atoms with Gasteiger partial charge in [0.05, 0.1) is 12.9 Å². The highest BCUT2D eigenvalue weighted by Gasteiger charge is 2.54. The zero-order valence-electron chi connectivity index (χ0n) is 22.7. The quantitative estimate of drug-likeness (QED) is 0.124. The second-order valence-corrected chi connectivity index (χ2v) is 13.6. The molecule has 3 aliphatic rings. The second kappa shape index (κ2) is 10.9. The number of aromatic amines is 1. The zero-order valence-corrected chi connectivity index (χ0v) is 24.5. The van der Waals surface area contributed by atoms with Crippen LogP contribution in [0.4, 0.5) is 11.6 Å². The molecular weight excluding hydrogens is 646 g/mol. The largest absolute Gasteiger partial charge is 0.472 e. The molecule has 9 N–H and O–H groups in total. The van der Waals surface area contributed by atoms with Gasteiger partial charge in [0, 0.05) is 23.5 Å². The van der Waals surface area contributed by atoms with Crippen molar-refractivity contribution in [3.63, 3.8) is 0 Å². The third-order valence-electron chi connectivity index (χ3n) is 7.47. The molecule has 0 spiro atoms. The number of imidazole rings is 1. The highest BCUT2D eigenvalue weighted by Crippen LogP contribution is 2.53. The van der Waals surface area contributed by atoms with Gasteiger partial charge in [-0.15, -0.1) is 0 Å². The second-order valence-electron chi connectivity index (χ2n) is 10.4. The third kappa shape index (κ3) is 5.35. The van der Waals surface area contributed by atoms with Gasteiger partial charge in [-0.05, 0) is 12.1 Å². The summed E-state index contributed by atoms with van der Waals surface area (Å²) in [5.41, 5.74) is 11.4. The van der Waals surface area contributed by atoms with Crippen molar-refractivity contribution >= 4 is 49.3 Å². The molecule has 0 aliphatic carbocycles. The average Bonchev–Trinajstić information content (AvgIpc) is 3.72. The number of nitrogens with one attached hydrogen (secondary N) is 1. The smallest absolute Gasteiger partial charge is 0.398 e. The zero-order chi connectivity index (χ0) is 31.8. The van der Waals surface area contributed by atoms with Crippen molar-refractivity contribution in [2.45, 2.75) is 49.3 Å². The molecule has 4 aromatic rings. The number of nitrogens with two attached hydrogens (primary N) is 2. The lowest BCUT2D eigenvalue weighted by atomic mass is 10.1. The molecule has 0 amide bonds. The van der Waals surface area contributed by atoms with E-state index in [2.05, 4.69) is 19.9 Å². The topological polar surface area (TPSA) is 304 Å². The summed E-state index contributed by atoms with van der Waals surface area (Å²) in [5.74, 6) is -0.284. The van der Waals surface area contributed by atoms with E-state index in [1.807, 2.05) is 0 Å². The number of nitrogens with zero attached hydrogens (tertiary/aromatic N) is 5. The molecule has 3 saturated heterocycles. The van der Waals surface area contributed by atoms with Crippen LogP contribution in [0.1, 0.15) is 12.5 Å². The lowest BCUT2D eigenvalue weighted by Crippen LogP contribution is -2.36. The molecule has 2 bridgehead atoms. The predicted octanol–water partition coefficient (Wildman–Crippen LogP) is -1.13. The number of phosphoric ester groups is 1. The van der Waals surface area contributed by atoms with Gasteiger partial charge in [-0.2, -0.15) is 4.98 Å². The predicted molar refractivity (Wildman–Crippen MR) is 148 cm³/mol. The third-order valence-corrected chi connectivity index (χ3v) is 9.51. The Hall–Kier alpha value is -3.30. The Labute approximate surface area is 250 Å². The van der Waals surface area contributed by atoms with E-state index in [4.69, 9.17) is 39.2 Å². The van der Waals surface area contributed by atoms with Gasteiger partial charge in [0.2, 0.25) is 5.95 Å². The molecule has 4 aromatic heterocycles. The number of aromatic nitrogens is 6. The van der Waals surface area contributed by atoms with E-state index < -0.39 is 83.2 Å². The van der Waals surface area contributed by atoms with Crippen LogP contribution in [-0.4, -0.2) is 98.8 Å².